The zero-order valence-corrected chi connectivity index (χ0v) is 23.8. The molecule has 39 heavy (non-hydrogen) atoms. The molecule has 3 aromatic rings. The lowest BCUT2D eigenvalue weighted by Crippen LogP contribution is -2.54. The summed E-state index contributed by atoms with van der Waals surface area (Å²) in [6.07, 6.45) is 6.13. The molecule has 0 spiro atoms. The highest BCUT2D eigenvalue weighted by atomic mass is 32.1. The molecule has 0 N–H and O–H groups in total. The molecule has 2 aliphatic rings. The molecule has 0 radical (unpaired) electrons. The molecule has 1 aromatic heterocycles. The average molecular weight is 549 g/mol. The van der Waals surface area contributed by atoms with Gasteiger partial charge >= 0.3 is 5.97 Å². The topological polar surface area (TPSA) is 85.3 Å². The van der Waals surface area contributed by atoms with Crippen molar-refractivity contribution >= 4 is 54.8 Å². The molecule has 2 heterocycles. The van der Waals surface area contributed by atoms with E-state index < -0.39 is 11.5 Å². The van der Waals surface area contributed by atoms with Gasteiger partial charge in [0.1, 0.15) is 5.71 Å². The van der Waals surface area contributed by atoms with Gasteiger partial charge < -0.3 is 9.57 Å². The Labute approximate surface area is 233 Å². The molecule has 7 nitrogen and oxygen atoms in total. The van der Waals surface area contributed by atoms with Crippen molar-refractivity contribution in [3.8, 4) is 0 Å². The van der Waals surface area contributed by atoms with E-state index in [1.54, 1.807) is 11.3 Å². The second-order valence-electron chi connectivity index (χ2n) is 11.2. The lowest BCUT2D eigenvalue weighted by atomic mass is 9.84. The van der Waals surface area contributed by atoms with Crippen molar-refractivity contribution in [1.29, 1.82) is 0 Å². The Balaban J connectivity index is 1.47. The van der Waals surface area contributed by atoms with Crippen LogP contribution >= 0.6 is 11.3 Å². The molecule has 0 bridgehead atoms. The summed E-state index contributed by atoms with van der Waals surface area (Å²) in [6.45, 7) is 7.95. The van der Waals surface area contributed by atoms with Crippen molar-refractivity contribution in [2.75, 3.05) is 26.3 Å². The summed E-state index contributed by atoms with van der Waals surface area (Å²) in [6, 6.07) is 11.5. The van der Waals surface area contributed by atoms with Crippen molar-refractivity contribution in [3.63, 3.8) is 0 Å². The van der Waals surface area contributed by atoms with Gasteiger partial charge in [0.15, 0.2) is 5.78 Å². The van der Waals surface area contributed by atoms with Crippen LogP contribution in [0, 0.1) is 5.92 Å². The largest absolute Gasteiger partial charge is 0.379 e. The van der Waals surface area contributed by atoms with E-state index in [4.69, 9.17) is 9.57 Å². The smallest absolute Gasteiger partial charge is 0.331 e. The summed E-state index contributed by atoms with van der Waals surface area (Å²) < 4.78 is 7.59. The van der Waals surface area contributed by atoms with Gasteiger partial charge in [-0.25, -0.2) is 4.79 Å². The molecule has 1 saturated heterocycles. The fourth-order valence-corrected chi connectivity index (χ4v) is 6.87. The molecule has 2 aromatic carbocycles. The summed E-state index contributed by atoms with van der Waals surface area (Å²) in [4.78, 5) is 45.9. The van der Waals surface area contributed by atoms with Crippen LogP contribution in [0.15, 0.2) is 41.6 Å². The van der Waals surface area contributed by atoms with E-state index in [2.05, 4.69) is 10.1 Å². The zero-order chi connectivity index (χ0) is 27.6. The Kier molecular flexibility index (Phi) is 8.26. The van der Waals surface area contributed by atoms with E-state index >= 15 is 0 Å². The number of nitrogens with zero attached hydrogens (tertiary/aromatic N) is 2. The Hall–Kier alpha value is -2.94. The monoisotopic (exact) mass is 548 g/mol. The lowest BCUT2D eigenvalue weighted by Gasteiger charge is -2.39. The van der Waals surface area contributed by atoms with Crippen LogP contribution in [0.4, 0.5) is 0 Å². The van der Waals surface area contributed by atoms with Crippen LogP contribution in [0.3, 0.4) is 0 Å². The molecule has 5 rings (SSSR count). The molecule has 0 amide bonds. The number of carbonyl (C=O) groups excluding carboxylic acids is 3. The molecular weight excluding hydrogens is 512 g/mol. The fraction of sp³-hybridized carbons (Fsp3) is 0.484. The van der Waals surface area contributed by atoms with Crippen LogP contribution in [-0.2, 0) is 14.4 Å². The third kappa shape index (κ3) is 5.98. The highest BCUT2D eigenvalue weighted by molar-refractivity contribution is 7.25. The minimum atomic E-state index is -0.647. The minimum absolute atomic E-state index is 0.0705. The second kappa shape index (κ2) is 11.7. The first kappa shape index (κ1) is 27.6. The number of fused-ring (bicyclic) bond motifs is 3. The minimum Gasteiger partial charge on any atom is -0.379 e. The highest BCUT2D eigenvalue weighted by Gasteiger charge is 2.36. The number of carbonyl (C=O) groups is 3. The molecule has 1 aliphatic carbocycles. The standard InChI is InChI=1S/C31H36N2O5S/c1-20(34)38-32-26(17-21-7-5-4-6-8-21)29(35)22-9-11-27-24(18-22)25-19-23(10-12-28(25)39-27)30(36)31(2,3)33-13-15-37-16-14-33/h9-12,18-19,21H,4-8,13-17H2,1-3H3/b32-26+. The molecule has 8 heteroatoms. The van der Waals surface area contributed by atoms with Crippen LogP contribution in [0.25, 0.3) is 20.2 Å². The van der Waals surface area contributed by atoms with Crippen LogP contribution in [0.1, 0.15) is 80.0 Å². The van der Waals surface area contributed by atoms with Crippen LogP contribution in [0.2, 0.25) is 0 Å². The Bertz CT molecular complexity index is 1430. The summed E-state index contributed by atoms with van der Waals surface area (Å²) in [5.74, 6) is -0.323. The van der Waals surface area contributed by atoms with Gasteiger partial charge in [0.05, 0.1) is 18.8 Å². The van der Waals surface area contributed by atoms with E-state index in [0.29, 0.717) is 42.4 Å². The average Bonchev–Trinajstić information content (AvgIpc) is 3.32. The molecule has 0 atom stereocenters. The predicted octanol–water partition coefficient (Wildman–Crippen LogP) is 6.42. The van der Waals surface area contributed by atoms with Crippen molar-refractivity contribution in [2.24, 2.45) is 11.1 Å². The van der Waals surface area contributed by atoms with Gasteiger partial charge in [-0.2, -0.15) is 0 Å². The van der Waals surface area contributed by atoms with Crippen molar-refractivity contribution in [1.82, 2.24) is 4.90 Å². The van der Waals surface area contributed by atoms with E-state index in [1.165, 1.54) is 13.3 Å². The number of ether oxygens (including phenoxy) is 1. The number of hydrogen-bond acceptors (Lipinski definition) is 8. The second-order valence-corrected chi connectivity index (χ2v) is 12.3. The van der Waals surface area contributed by atoms with Crippen LogP contribution in [0.5, 0.6) is 0 Å². The maximum atomic E-state index is 13.7. The number of thiophene rings is 1. The third-order valence-corrected chi connectivity index (χ3v) is 9.26. The molecule has 1 saturated carbocycles. The van der Waals surface area contributed by atoms with Gasteiger partial charge in [-0.1, -0.05) is 37.3 Å². The summed E-state index contributed by atoms with van der Waals surface area (Å²) in [5, 5.41) is 5.89. The third-order valence-electron chi connectivity index (χ3n) is 8.10. The van der Waals surface area contributed by atoms with E-state index in [-0.39, 0.29) is 11.6 Å². The van der Waals surface area contributed by atoms with E-state index in [9.17, 15) is 14.4 Å². The van der Waals surface area contributed by atoms with Crippen LogP contribution in [-0.4, -0.2) is 60.0 Å². The number of ketones is 2. The van der Waals surface area contributed by atoms with Gasteiger partial charge in [0.2, 0.25) is 5.78 Å². The summed E-state index contributed by atoms with van der Waals surface area (Å²) in [5.41, 5.74) is 0.809. The number of morpholine rings is 1. The first-order valence-corrected chi connectivity index (χ1v) is 14.7. The van der Waals surface area contributed by atoms with Crippen molar-refractivity contribution < 1.29 is 24.0 Å². The fourth-order valence-electron chi connectivity index (χ4n) is 5.80. The van der Waals surface area contributed by atoms with E-state index in [1.807, 2.05) is 50.2 Å². The maximum Gasteiger partial charge on any atom is 0.331 e. The maximum absolute atomic E-state index is 13.7. The van der Waals surface area contributed by atoms with Gasteiger partial charge in [-0.15, -0.1) is 11.3 Å². The number of Topliss-reactive ketones (excluding diaryl/α,β-unsaturated/α-hetero) is 2. The van der Waals surface area contributed by atoms with E-state index in [0.717, 1.165) is 58.9 Å². The number of hydrogen-bond donors (Lipinski definition) is 0. The normalized spacial score (nSPS) is 18.0. The SMILES string of the molecule is CC(=O)O/N=C(\CC1CCCCC1)C(=O)c1ccc2sc3ccc(C(=O)C(C)(C)N4CCOCC4)cc3c2c1. The summed E-state index contributed by atoms with van der Waals surface area (Å²) >= 11 is 1.64. The number of benzene rings is 2. The molecule has 2 fully saturated rings. The molecule has 1 aliphatic heterocycles. The van der Waals surface area contributed by atoms with Gasteiger partial charge in [-0.3, -0.25) is 14.5 Å². The first-order valence-electron chi connectivity index (χ1n) is 13.9. The molecular formula is C31H36N2O5S. The Morgan fingerprint density at radius 2 is 1.59 bits per heavy atom. The van der Waals surface area contributed by atoms with Gasteiger partial charge in [0.25, 0.3) is 0 Å². The number of rotatable bonds is 8. The van der Waals surface area contributed by atoms with Crippen LogP contribution < -0.4 is 0 Å². The highest BCUT2D eigenvalue weighted by Crippen LogP contribution is 2.36. The van der Waals surface area contributed by atoms with Gasteiger partial charge in [-0.05, 0) is 62.6 Å². The zero-order valence-electron chi connectivity index (χ0n) is 23.0. The Morgan fingerprint density at radius 1 is 0.974 bits per heavy atom. The van der Waals surface area contributed by atoms with Crippen molar-refractivity contribution in [2.45, 2.75) is 64.8 Å². The number of oxime groups is 1. The molecule has 206 valence electrons. The van der Waals surface area contributed by atoms with Gasteiger partial charge in [0, 0.05) is 51.3 Å². The molecule has 0 unspecified atom stereocenters. The lowest BCUT2D eigenvalue weighted by molar-refractivity contribution is -0.140. The first-order chi connectivity index (χ1) is 18.7. The quantitative estimate of drug-likeness (QED) is 0.140. The Morgan fingerprint density at radius 3 is 2.23 bits per heavy atom. The predicted molar refractivity (Wildman–Crippen MR) is 155 cm³/mol. The van der Waals surface area contributed by atoms with Crippen molar-refractivity contribution in [3.05, 3.63) is 47.5 Å². The summed E-state index contributed by atoms with van der Waals surface area (Å²) in [7, 11) is 0.